The Bertz CT molecular complexity index is 3000. The van der Waals surface area contributed by atoms with E-state index in [2.05, 4.69) is 254 Å². The van der Waals surface area contributed by atoms with Crippen molar-refractivity contribution in [2.24, 2.45) is 0 Å². The summed E-state index contributed by atoms with van der Waals surface area (Å²) in [7, 11) is 0. The monoisotopic (exact) mass is 751 g/mol. The molecule has 0 aliphatic carbocycles. The van der Waals surface area contributed by atoms with E-state index in [1.165, 1.54) is 77.5 Å². The van der Waals surface area contributed by atoms with Crippen LogP contribution in [0.15, 0.2) is 249 Å². The van der Waals surface area contributed by atoms with Crippen LogP contribution in [0.2, 0.25) is 0 Å². The zero-order chi connectivity index (χ0) is 39.4. The van der Waals surface area contributed by atoms with Crippen LogP contribution in [0.3, 0.4) is 0 Å². The zero-order valence-corrected chi connectivity index (χ0v) is 32.6. The summed E-state index contributed by atoms with van der Waals surface area (Å²) < 4.78 is 0. The van der Waals surface area contributed by atoms with E-state index in [-0.39, 0.29) is 0 Å². The highest BCUT2D eigenvalue weighted by molar-refractivity contribution is 5.96. The van der Waals surface area contributed by atoms with Gasteiger partial charge in [0.15, 0.2) is 0 Å². The number of fused-ring (bicyclic) bond motifs is 1. The van der Waals surface area contributed by atoms with Crippen molar-refractivity contribution in [3.63, 3.8) is 0 Å². The summed E-state index contributed by atoms with van der Waals surface area (Å²) in [5.74, 6) is 0. The van der Waals surface area contributed by atoms with Crippen LogP contribution in [0.1, 0.15) is 0 Å². The Morgan fingerprint density at radius 1 is 0.186 bits per heavy atom. The van der Waals surface area contributed by atoms with E-state index in [1.807, 2.05) is 0 Å². The number of hydrogen-bond donors (Lipinski definition) is 0. The van der Waals surface area contributed by atoms with Crippen molar-refractivity contribution in [3.05, 3.63) is 249 Å². The molecule has 278 valence electrons. The maximum Gasteiger partial charge on any atom is 0.0468 e. The van der Waals surface area contributed by atoms with E-state index >= 15 is 0 Å². The lowest BCUT2D eigenvalue weighted by atomic mass is 9.87. The summed E-state index contributed by atoms with van der Waals surface area (Å²) in [6.07, 6.45) is 0. The number of anilines is 3. The third kappa shape index (κ3) is 7.23. The Kier molecular flexibility index (Phi) is 9.68. The fourth-order valence-electron chi connectivity index (χ4n) is 8.35. The van der Waals surface area contributed by atoms with Gasteiger partial charge in [-0.1, -0.05) is 212 Å². The van der Waals surface area contributed by atoms with E-state index in [0.29, 0.717) is 0 Å². The molecule has 0 saturated carbocycles. The summed E-state index contributed by atoms with van der Waals surface area (Å²) in [5.41, 5.74) is 17.8. The predicted molar refractivity (Wildman–Crippen MR) is 251 cm³/mol. The van der Waals surface area contributed by atoms with Crippen LogP contribution < -0.4 is 4.90 Å². The molecule has 10 rings (SSSR count). The Balaban J connectivity index is 1.01. The molecule has 10 aromatic rings. The van der Waals surface area contributed by atoms with Crippen molar-refractivity contribution in [3.8, 4) is 66.8 Å². The molecule has 0 spiro atoms. The number of nitrogens with zero attached hydrogens (tertiary/aromatic N) is 1. The summed E-state index contributed by atoms with van der Waals surface area (Å²) in [6.45, 7) is 0. The van der Waals surface area contributed by atoms with E-state index in [1.54, 1.807) is 0 Å². The zero-order valence-electron chi connectivity index (χ0n) is 32.6. The molecule has 10 aromatic carbocycles. The molecule has 0 unspecified atom stereocenters. The molecule has 0 atom stereocenters. The highest BCUT2D eigenvalue weighted by Crippen LogP contribution is 2.43. The molecule has 0 aliphatic rings. The Labute approximate surface area is 346 Å². The normalized spacial score (nSPS) is 11.1. The molecule has 0 heterocycles. The molecule has 0 saturated heterocycles. The van der Waals surface area contributed by atoms with Crippen molar-refractivity contribution in [1.29, 1.82) is 0 Å². The molecular formula is C58H41N. The first-order valence-corrected chi connectivity index (χ1v) is 20.3. The Morgan fingerprint density at radius 2 is 0.492 bits per heavy atom. The van der Waals surface area contributed by atoms with Gasteiger partial charge in [-0.25, -0.2) is 0 Å². The second-order valence-corrected chi connectivity index (χ2v) is 14.9. The average Bonchev–Trinajstić information content (AvgIpc) is 3.33. The van der Waals surface area contributed by atoms with Crippen LogP contribution in [0, 0.1) is 0 Å². The van der Waals surface area contributed by atoms with Crippen molar-refractivity contribution in [1.82, 2.24) is 0 Å². The number of rotatable bonds is 9. The Hall–Kier alpha value is -7.74. The van der Waals surface area contributed by atoms with Gasteiger partial charge >= 0.3 is 0 Å². The SMILES string of the molecule is c1ccc(-c2ccc(-c3ccc(N(c4ccc(-c5ccccc5-c5ccccc5-c5ccccc5-c5ccccc5)cc4)c4ccc5ccccc5c4)cc3)cc2)cc1. The van der Waals surface area contributed by atoms with E-state index in [9.17, 15) is 0 Å². The first-order chi connectivity index (χ1) is 29.3. The van der Waals surface area contributed by atoms with Gasteiger partial charge in [0.1, 0.15) is 0 Å². The van der Waals surface area contributed by atoms with Crippen LogP contribution in [-0.4, -0.2) is 0 Å². The predicted octanol–water partition coefficient (Wildman–Crippen LogP) is 16.3. The second-order valence-electron chi connectivity index (χ2n) is 14.9. The van der Waals surface area contributed by atoms with Crippen molar-refractivity contribution >= 4 is 27.8 Å². The number of benzene rings is 10. The second kappa shape index (κ2) is 16.0. The van der Waals surface area contributed by atoms with Gasteiger partial charge in [0.25, 0.3) is 0 Å². The fraction of sp³-hybridized carbons (Fsp3) is 0. The van der Waals surface area contributed by atoms with Gasteiger partial charge < -0.3 is 4.90 Å². The minimum atomic E-state index is 1.10. The smallest absolute Gasteiger partial charge is 0.0468 e. The summed E-state index contributed by atoms with van der Waals surface area (Å²) in [5, 5.41) is 2.44. The molecule has 0 amide bonds. The van der Waals surface area contributed by atoms with Gasteiger partial charge in [0, 0.05) is 17.1 Å². The molecule has 1 heteroatoms. The van der Waals surface area contributed by atoms with E-state index in [0.717, 1.165) is 17.1 Å². The summed E-state index contributed by atoms with van der Waals surface area (Å²) in [4.78, 5) is 2.36. The Morgan fingerprint density at radius 3 is 0.983 bits per heavy atom. The summed E-state index contributed by atoms with van der Waals surface area (Å²) in [6, 6.07) is 89.7. The lowest BCUT2D eigenvalue weighted by Gasteiger charge is -2.26. The van der Waals surface area contributed by atoms with Crippen LogP contribution in [0.5, 0.6) is 0 Å². The van der Waals surface area contributed by atoms with Crippen molar-refractivity contribution in [2.45, 2.75) is 0 Å². The maximum atomic E-state index is 2.36. The van der Waals surface area contributed by atoms with Crippen LogP contribution in [-0.2, 0) is 0 Å². The minimum absolute atomic E-state index is 1.10. The molecule has 0 radical (unpaired) electrons. The molecule has 0 N–H and O–H groups in total. The largest absolute Gasteiger partial charge is 0.310 e. The van der Waals surface area contributed by atoms with Gasteiger partial charge in [-0.3, -0.25) is 0 Å². The lowest BCUT2D eigenvalue weighted by molar-refractivity contribution is 1.29. The molecule has 0 bridgehead atoms. The van der Waals surface area contributed by atoms with Crippen LogP contribution >= 0.6 is 0 Å². The quantitative estimate of drug-likeness (QED) is 0.142. The van der Waals surface area contributed by atoms with Crippen molar-refractivity contribution < 1.29 is 0 Å². The molecule has 1 nitrogen and oxygen atoms in total. The average molecular weight is 752 g/mol. The molecule has 0 aromatic heterocycles. The van der Waals surface area contributed by atoms with Gasteiger partial charge in [-0.05, 0) is 114 Å². The highest BCUT2D eigenvalue weighted by atomic mass is 15.1. The highest BCUT2D eigenvalue weighted by Gasteiger charge is 2.17. The maximum absolute atomic E-state index is 2.36. The van der Waals surface area contributed by atoms with E-state index < -0.39 is 0 Å². The third-order valence-electron chi connectivity index (χ3n) is 11.3. The minimum Gasteiger partial charge on any atom is -0.310 e. The van der Waals surface area contributed by atoms with Gasteiger partial charge in [0.05, 0.1) is 0 Å². The van der Waals surface area contributed by atoms with Crippen LogP contribution in [0.4, 0.5) is 17.1 Å². The topological polar surface area (TPSA) is 3.24 Å². The first-order valence-electron chi connectivity index (χ1n) is 20.3. The first kappa shape index (κ1) is 35.7. The third-order valence-corrected chi connectivity index (χ3v) is 11.3. The molecule has 59 heavy (non-hydrogen) atoms. The van der Waals surface area contributed by atoms with Gasteiger partial charge in [0.2, 0.25) is 0 Å². The van der Waals surface area contributed by atoms with Crippen molar-refractivity contribution in [2.75, 3.05) is 4.90 Å². The van der Waals surface area contributed by atoms with Gasteiger partial charge in [-0.15, -0.1) is 0 Å². The van der Waals surface area contributed by atoms with Crippen LogP contribution in [0.25, 0.3) is 77.5 Å². The standard InChI is InChI=1S/C58H41N/c1-3-15-42(16-4-1)44-27-29-45(30-28-44)46-31-36-50(37-32-46)59(52-40-33-43-17-7-8-20-49(43)41-52)51-38-34-48(35-39-51)54-22-10-12-24-56(54)58-26-14-13-25-57(58)55-23-11-9-21-53(55)47-18-5-2-6-19-47/h1-41H. The molecule has 0 aliphatic heterocycles. The number of hydrogen-bond acceptors (Lipinski definition) is 1. The summed E-state index contributed by atoms with van der Waals surface area (Å²) >= 11 is 0. The molecular weight excluding hydrogens is 711 g/mol. The lowest BCUT2D eigenvalue weighted by Crippen LogP contribution is -2.09. The van der Waals surface area contributed by atoms with Gasteiger partial charge in [-0.2, -0.15) is 0 Å². The molecule has 0 fully saturated rings. The fourth-order valence-corrected chi connectivity index (χ4v) is 8.35. The van der Waals surface area contributed by atoms with E-state index in [4.69, 9.17) is 0 Å².